The maximum Gasteiger partial charge on any atom is 0.163 e. The number of rotatable bonds is 3. The van der Waals surface area contributed by atoms with Crippen LogP contribution in [0, 0.1) is 11.3 Å². The van der Waals surface area contributed by atoms with Gasteiger partial charge in [-0.05, 0) is 30.3 Å². The monoisotopic (exact) mass is 330 g/mol. The summed E-state index contributed by atoms with van der Waals surface area (Å²) in [5.41, 5.74) is 1.48. The Morgan fingerprint density at radius 3 is 2.55 bits per heavy atom. The van der Waals surface area contributed by atoms with Crippen molar-refractivity contribution in [2.24, 2.45) is 0 Å². The Morgan fingerprint density at radius 1 is 1.05 bits per heavy atom. The zero-order valence-electron chi connectivity index (χ0n) is 11.0. The topological polar surface area (TPSA) is 74.6 Å². The van der Waals surface area contributed by atoms with Gasteiger partial charge in [-0.3, -0.25) is 0 Å². The molecule has 1 heterocycles. The largest absolute Gasteiger partial charge is 0.457 e. The van der Waals surface area contributed by atoms with Crippen molar-refractivity contribution in [3.8, 4) is 28.8 Å². The quantitative estimate of drug-likeness (QED) is 0.770. The van der Waals surface area contributed by atoms with E-state index >= 15 is 0 Å². The number of ether oxygens (including phenoxy) is 1. The van der Waals surface area contributed by atoms with Crippen LogP contribution >= 0.6 is 23.2 Å². The Kier molecular flexibility index (Phi) is 3.96. The highest BCUT2D eigenvalue weighted by Crippen LogP contribution is 2.30. The number of hydrogen-bond donors (Lipinski definition) is 1. The van der Waals surface area contributed by atoms with Gasteiger partial charge in [0, 0.05) is 15.6 Å². The molecule has 0 radical (unpaired) electrons. The van der Waals surface area contributed by atoms with Gasteiger partial charge in [0.25, 0.3) is 0 Å². The van der Waals surface area contributed by atoms with E-state index in [1.165, 1.54) is 0 Å². The smallest absolute Gasteiger partial charge is 0.163 e. The van der Waals surface area contributed by atoms with Gasteiger partial charge in [-0.1, -0.05) is 40.5 Å². The lowest BCUT2D eigenvalue weighted by molar-refractivity contribution is 0.483. The maximum absolute atomic E-state index is 9.01. The Hall–Kier alpha value is -2.55. The first kappa shape index (κ1) is 14.4. The van der Waals surface area contributed by atoms with Crippen molar-refractivity contribution in [1.82, 2.24) is 15.4 Å². The SMILES string of the molecule is N#Cc1[nH]nnc1-c1cccc(Oc2cc(Cl)cc(Cl)c2)c1. The number of nitriles is 1. The van der Waals surface area contributed by atoms with E-state index in [0.29, 0.717) is 32.9 Å². The van der Waals surface area contributed by atoms with Crippen LogP contribution in [-0.2, 0) is 0 Å². The van der Waals surface area contributed by atoms with E-state index in [1.807, 2.05) is 12.1 Å². The standard InChI is InChI=1S/C15H8Cl2N4O/c16-10-5-11(17)7-13(6-10)22-12-3-1-2-9(4-12)15-14(8-18)19-21-20-15/h1-7H,(H,19,20,21). The second-order valence-corrected chi connectivity index (χ2v) is 5.26. The number of aromatic nitrogens is 3. The van der Waals surface area contributed by atoms with Crippen LogP contribution in [0.25, 0.3) is 11.3 Å². The minimum absolute atomic E-state index is 0.294. The normalized spacial score (nSPS) is 10.2. The van der Waals surface area contributed by atoms with Crippen molar-refractivity contribution in [1.29, 1.82) is 5.26 Å². The molecule has 0 saturated heterocycles. The van der Waals surface area contributed by atoms with Crippen LogP contribution in [0.5, 0.6) is 11.5 Å². The molecule has 0 aliphatic carbocycles. The molecule has 108 valence electrons. The van der Waals surface area contributed by atoms with E-state index in [1.54, 1.807) is 36.4 Å². The van der Waals surface area contributed by atoms with Crippen molar-refractivity contribution >= 4 is 23.2 Å². The molecule has 0 aliphatic rings. The molecule has 0 amide bonds. The molecule has 5 nitrogen and oxygen atoms in total. The molecule has 0 unspecified atom stereocenters. The molecule has 3 aromatic rings. The average molecular weight is 331 g/mol. The summed E-state index contributed by atoms with van der Waals surface area (Å²) in [6, 6.07) is 14.1. The molecule has 0 atom stereocenters. The Bertz CT molecular complexity index is 850. The molecular formula is C15H8Cl2N4O. The number of hydrogen-bond acceptors (Lipinski definition) is 4. The number of nitrogens with zero attached hydrogens (tertiary/aromatic N) is 3. The number of nitrogens with one attached hydrogen (secondary N) is 1. The third-order valence-electron chi connectivity index (χ3n) is 2.84. The van der Waals surface area contributed by atoms with Gasteiger partial charge in [0.2, 0.25) is 0 Å². The van der Waals surface area contributed by atoms with Gasteiger partial charge in [-0.2, -0.15) is 5.26 Å². The fourth-order valence-corrected chi connectivity index (χ4v) is 2.44. The highest BCUT2D eigenvalue weighted by Gasteiger charge is 2.10. The Morgan fingerprint density at radius 2 is 1.82 bits per heavy atom. The second-order valence-electron chi connectivity index (χ2n) is 4.38. The van der Waals surface area contributed by atoms with Crippen molar-refractivity contribution in [2.45, 2.75) is 0 Å². The lowest BCUT2D eigenvalue weighted by atomic mass is 10.1. The molecule has 2 aromatic carbocycles. The zero-order valence-corrected chi connectivity index (χ0v) is 12.6. The second kappa shape index (κ2) is 6.06. The number of H-pyrrole nitrogens is 1. The van der Waals surface area contributed by atoms with Crippen LogP contribution in [0.15, 0.2) is 42.5 Å². The van der Waals surface area contributed by atoms with Gasteiger partial charge < -0.3 is 4.74 Å². The highest BCUT2D eigenvalue weighted by molar-refractivity contribution is 6.34. The molecule has 3 rings (SSSR count). The van der Waals surface area contributed by atoms with Gasteiger partial charge in [0.15, 0.2) is 5.69 Å². The average Bonchev–Trinajstić information content (AvgIpc) is 2.95. The molecule has 0 aliphatic heterocycles. The molecule has 0 spiro atoms. The van der Waals surface area contributed by atoms with Crippen LogP contribution in [0.2, 0.25) is 10.0 Å². The third-order valence-corrected chi connectivity index (χ3v) is 3.28. The van der Waals surface area contributed by atoms with Crippen LogP contribution < -0.4 is 4.74 Å². The van der Waals surface area contributed by atoms with E-state index in [-0.39, 0.29) is 0 Å². The fourth-order valence-electron chi connectivity index (χ4n) is 1.94. The summed E-state index contributed by atoms with van der Waals surface area (Å²) >= 11 is 11.9. The molecule has 22 heavy (non-hydrogen) atoms. The van der Waals surface area contributed by atoms with Crippen LogP contribution in [-0.4, -0.2) is 15.4 Å². The number of aromatic amines is 1. The first-order valence-electron chi connectivity index (χ1n) is 6.21. The highest BCUT2D eigenvalue weighted by atomic mass is 35.5. The molecule has 0 fully saturated rings. The third kappa shape index (κ3) is 3.03. The van der Waals surface area contributed by atoms with E-state index < -0.39 is 0 Å². The molecule has 0 bridgehead atoms. The predicted molar refractivity (Wildman–Crippen MR) is 83.1 cm³/mol. The minimum atomic E-state index is 0.294. The minimum Gasteiger partial charge on any atom is -0.457 e. The summed E-state index contributed by atoms with van der Waals surface area (Å²) in [5, 5.41) is 20.1. The summed E-state index contributed by atoms with van der Waals surface area (Å²) < 4.78 is 5.74. The van der Waals surface area contributed by atoms with E-state index in [4.69, 9.17) is 33.2 Å². The summed E-state index contributed by atoms with van der Waals surface area (Å²) in [4.78, 5) is 0. The van der Waals surface area contributed by atoms with E-state index in [9.17, 15) is 0 Å². The summed E-state index contributed by atoms with van der Waals surface area (Å²) in [6.07, 6.45) is 0. The Labute approximate surface area is 136 Å². The lowest BCUT2D eigenvalue weighted by Gasteiger charge is -2.08. The first-order chi connectivity index (χ1) is 10.7. The van der Waals surface area contributed by atoms with Crippen LogP contribution in [0.3, 0.4) is 0 Å². The van der Waals surface area contributed by atoms with Crippen molar-refractivity contribution in [3.63, 3.8) is 0 Å². The molecule has 1 N–H and O–H groups in total. The molecule has 1 aromatic heterocycles. The van der Waals surface area contributed by atoms with Gasteiger partial charge in [0.1, 0.15) is 23.3 Å². The first-order valence-corrected chi connectivity index (χ1v) is 6.97. The van der Waals surface area contributed by atoms with Gasteiger partial charge >= 0.3 is 0 Å². The fraction of sp³-hybridized carbons (Fsp3) is 0. The number of benzene rings is 2. The number of halogens is 2. The van der Waals surface area contributed by atoms with Crippen molar-refractivity contribution in [3.05, 3.63) is 58.2 Å². The Balaban J connectivity index is 1.93. The lowest BCUT2D eigenvalue weighted by Crippen LogP contribution is -1.87. The van der Waals surface area contributed by atoms with Crippen LogP contribution in [0.4, 0.5) is 0 Å². The van der Waals surface area contributed by atoms with E-state index in [0.717, 1.165) is 5.56 Å². The zero-order chi connectivity index (χ0) is 15.5. The van der Waals surface area contributed by atoms with Crippen LogP contribution in [0.1, 0.15) is 5.69 Å². The maximum atomic E-state index is 9.01. The van der Waals surface area contributed by atoms with Gasteiger partial charge in [-0.15, -0.1) is 5.10 Å². The molecule has 7 heteroatoms. The van der Waals surface area contributed by atoms with Crippen molar-refractivity contribution in [2.75, 3.05) is 0 Å². The summed E-state index contributed by atoms with van der Waals surface area (Å²) in [6.45, 7) is 0. The molecular weight excluding hydrogens is 323 g/mol. The van der Waals surface area contributed by atoms with Gasteiger partial charge in [-0.25, -0.2) is 5.10 Å². The van der Waals surface area contributed by atoms with Gasteiger partial charge in [0.05, 0.1) is 0 Å². The predicted octanol–water partition coefficient (Wildman–Crippen LogP) is 4.44. The van der Waals surface area contributed by atoms with E-state index in [2.05, 4.69) is 15.4 Å². The van der Waals surface area contributed by atoms with Crippen molar-refractivity contribution < 1.29 is 4.74 Å². The molecule has 0 saturated carbocycles. The summed E-state index contributed by atoms with van der Waals surface area (Å²) in [7, 11) is 0. The summed E-state index contributed by atoms with van der Waals surface area (Å²) in [5.74, 6) is 1.10.